The third-order valence-electron chi connectivity index (χ3n) is 3.99. The third kappa shape index (κ3) is 3.27. The Kier molecular flexibility index (Phi) is 5.58. The second-order valence-corrected chi connectivity index (χ2v) is 5.49. The number of carbonyl (C=O) groups is 1. The van der Waals surface area contributed by atoms with Crippen LogP contribution in [-0.4, -0.2) is 32.8 Å². The Balaban J connectivity index is 2.82. The van der Waals surface area contributed by atoms with E-state index >= 15 is 0 Å². The average molecular weight is 334 g/mol. The topological polar surface area (TPSA) is 118 Å². The number of rotatable bonds is 7. The van der Waals surface area contributed by atoms with Crippen molar-refractivity contribution >= 4 is 16.9 Å². The lowest BCUT2D eigenvalue weighted by atomic mass is 9.94. The van der Waals surface area contributed by atoms with Gasteiger partial charge in [-0.1, -0.05) is 0 Å². The Morgan fingerprint density at radius 3 is 2.54 bits per heavy atom. The molecule has 130 valence electrons. The standard InChI is InChI=1S/C17H22N2O5/c1-9-10(2)17(21)24-13-8-12(23-7-6-22-3)15(16(19)20)11(4-5-18)14(9)13/h8H,4-7,18H2,1-3H3,(H2,19,20). The summed E-state index contributed by atoms with van der Waals surface area (Å²) in [4.78, 5) is 24.0. The van der Waals surface area contributed by atoms with Crippen LogP contribution in [0.1, 0.15) is 27.0 Å². The molecular weight excluding hydrogens is 312 g/mol. The van der Waals surface area contributed by atoms with E-state index in [0.29, 0.717) is 41.7 Å². The molecule has 2 rings (SSSR count). The number of hydrogen-bond donors (Lipinski definition) is 2. The summed E-state index contributed by atoms with van der Waals surface area (Å²) in [5.74, 6) is -0.349. The predicted octanol–water partition coefficient (Wildman–Crippen LogP) is 1.04. The first-order chi connectivity index (χ1) is 11.4. The molecule has 1 heterocycles. The van der Waals surface area contributed by atoms with Crippen LogP contribution in [0.15, 0.2) is 15.3 Å². The van der Waals surface area contributed by atoms with E-state index in [2.05, 4.69) is 0 Å². The zero-order chi connectivity index (χ0) is 17.9. The maximum Gasteiger partial charge on any atom is 0.339 e. The third-order valence-corrected chi connectivity index (χ3v) is 3.99. The number of amides is 1. The van der Waals surface area contributed by atoms with Crippen molar-refractivity contribution in [3.63, 3.8) is 0 Å². The largest absolute Gasteiger partial charge is 0.490 e. The summed E-state index contributed by atoms with van der Waals surface area (Å²) >= 11 is 0. The number of carbonyl (C=O) groups excluding carboxylic acids is 1. The molecule has 0 saturated carbocycles. The Morgan fingerprint density at radius 2 is 1.96 bits per heavy atom. The molecule has 0 bridgehead atoms. The highest BCUT2D eigenvalue weighted by molar-refractivity contribution is 6.03. The molecule has 0 aliphatic rings. The number of ether oxygens (including phenoxy) is 2. The van der Waals surface area contributed by atoms with Gasteiger partial charge >= 0.3 is 5.63 Å². The van der Waals surface area contributed by atoms with E-state index in [0.717, 1.165) is 5.56 Å². The molecule has 0 atom stereocenters. The van der Waals surface area contributed by atoms with Gasteiger partial charge in [0.05, 0.1) is 12.2 Å². The van der Waals surface area contributed by atoms with Gasteiger partial charge < -0.3 is 25.4 Å². The lowest BCUT2D eigenvalue weighted by Crippen LogP contribution is -2.20. The van der Waals surface area contributed by atoms with Crippen molar-refractivity contribution in [2.24, 2.45) is 11.5 Å². The molecule has 0 radical (unpaired) electrons. The summed E-state index contributed by atoms with van der Waals surface area (Å²) in [6.07, 6.45) is 0.407. The second-order valence-electron chi connectivity index (χ2n) is 5.49. The zero-order valence-electron chi connectivity index (χ0n) is 14.1. The van der Waals surface area contributed by atoms with E-state index in [1.54, 1.807) is 14.0 Å². The second kappa shape index (κ2) is 7.46. The highest BCUT2D eigenvalue weighted by Crippen LogP contribution is 2.33. The zero-order valence-corrected chi connectivity index (χ0v) is 14.1. The Hall–Kier alpha value is -2.38. The number of hydrogen-bond acceptors (Lipinski definition) is 6. The van der Waals surface area contributed by atoms with Gasteiger partial charge in [0.1, 0.15) is 17.9 Å². The first kappa shape index (κ1) is 18.0. The van der Waals surface area contributed by atoms with Crippen molar-refractivity contribution in [1.82, 2.24) is 0 Å². The first-order valence-corrected chi connectivity index (χ1v) is 7.63. The molecule has 0 unspecified atom stereocenters. The van der Waals surface area contributed by atoms with Crippen LogP contribution >= 0.6 is 0 Å². The van der Waals surface area contributed by atoms with Crippen LogP contribution in [0.2, 0.25) is 0 Å². The van der Waals surface area contributed by atoms with Crippen LogP contribution in [0.5, 0.6) is 5.75 Å². The summed E-state index contributed by atoms with van der Waals surface area (Å²) < 4.78 is 15.9. The maximum absolute atomic E-state index is 12.0. The lowest BCUT2D eigenvalue weighted by Gasteiger charge is -2.17. The van der Waals surface area contributed by atoms with Crippen molar-refractivity contribution in [1.29, 1.82) is 0 Å². The van der Waals surface area contributed by atoms with Crippen LogP contribution in [0, 0.1) is 13.8 Å². The fraction of sp³-hybridized carbons (Fsp3) is 0.412. The van der Waals surface area contributed by atoms with Crippen LogP contribution in [0.25, 0.3) is 11.0 Å². The molecule has 0 spiro atoms. The van der Waals surface area contributed by atoms with Gasteiger partial charge in [-0.05, 0) is 37.9 Å². The van der Waals surface area contributed by atoms with Gasteiger partial charge in [0, 0.05) is 24.1 Å². The van der Waals surface area contributed by atoms with E-state index in [4.69, 9.17) is 25.4 Å². The quantitative estimate of drug-likeness (QED) is 0.577. The van der Waals surface area contributed by atoms with Gasteiger partial charge in [0.15, 0.2) is 0 Å². The van der Waals surface area contributed by atoms with Gasteiger partial charge in [0.2, 0.25) is 0 Å². The van der Waals surface area contributed by atoms with E-state index in [9.17, 15) is 9.59 Å². The van der Waals surface area contributed by atoms with Gasteiger partial charge in [-0.15, -0.1) is 0 Å². The summed E-state index contributed by atoms with van der Waals surface area (Å²) in [7, 11) is 1.55. The molecule has 0 aliphatic carbocycles. The van der Waals surface area contributed by atoms with Crippen LogP contribution in [0.3, 0.4) is 0 Å². The molecule has 24 heavy (non-hydrogen) atoms. The van der Waals surface area contributed by atoms with Crippen molar-refractivity contribution in [2.45, 2.75) is 20.3 Å². The number of primary amides is 1. The molecule has 1 aromatic heterocycles. The Morgan fingerprint density at radius 1 is 1.25 bits per heavy atom. The molecule has 4 N–H and O–H groups in total. The van der Waals surface area contributed by atoms with Gasteiger partial charge in [-0.3, -0.25) is 4.79 Å². The molecular formula is C17H22N2O5. The maximum atomic E-state index is 12.0. The van der Waals surface area contributed by atoms with E-state index in [1.165, 1.54) is 6.07 Å². The van der Waals surface area contributed by atoms with E-state index in [-0.39, 0.29) is 17.9 Å². The number of methoxy groups -OCH3 is 1. The summed E-state index contributed by atoms with van der Waals surface area (Å²) in [6.45, 7) is 4.39. The molecule has 0 saturated heterocycles. The highest BCUT2D eigenvalue weighted by Gasteiger charge is 2.22. The predicted molar refractivity (Wildman–Crippen MR) is 90.6 cm³/mol. The molecule has 0 fully saturated rings. The lowest BCUT2D eigenvalue weighted by molar-refractivity contribution is 0.0991. The normalized spacial score (nSPS) is 11.0. The Bertz CT molecular complexity index is 826. The monoisotopic (exact) mass is 334 g/mol. The number of nitrogens with two attached hydrogens (primary N) is 2. The van der Waals surface area contributed by atoms with Gasteiger partial charge in [-0.25, -0.2) is 4.79 Å². The first-order valence-electron chi connectivity index (χ1n) is 7.63. The summed E-state index contributed by atoms with van der Waals surface area (Å²) in [5, 5.41) is 0.686. The van der Waals surface area contributed by atoms with Crippen LogP contribution in [0.4, 0.5) is 0 Å². The van der Waals surface area contributed by atoms with Crippen LogP contribution in [-0.2, 0) is 11.2 Å². The minimum Gasteiger partial charge on any atom is -0.490 e. The number of benzene rings is 1. The minimum atomic E-state index is -0.615. The van der Waals surface area contributed by atoms with Crippen molar-refractivity contribution < 1.29 is 18.7 Å². The molecule has 1 aromatic carbocycles. The van der Waals surface area contributed by atoms with Gasteiger partial charge in [-0.2, -0.15) is 0 Å². The van der Waals surface area contributed by atoms with Crippen molar-refractivity contribution in [3.8, 4) is 5.75 Å². The number of aryl methyl sites for hydroxylation is 1. The molecule has 2 aromatic rings. The highest BCUT2D eigenvalue weighted by atomic mass is 16.5. The van der Waals surface area contributed by atoms with Crippen molar-refractivity contribution in [2.75, 3.05) is 26.9 Å². The van der Waals surface area contributed by atoms with Gasteiger partial charge in [0.25, 0.3) is 5.91 Å². The summed E-state index contributed by atoms with van der Waals surface area (Å²) in [5.41, 5.74) is 13.3. The summed E-state index contributed by atoms with van der Waals surface area (Å²) in [6, 6.07) is 1.53. The minimum absolute atomic E-state index is 0.236. The molecule has 7 heteroatoms. The number of fused-ring (bicyclic) bond motifs is 1. The molecule has 7 nitrogen and oxygen atoms in total. The van der Waals surface area contributed by atoms with E-state index in [1.807, 2.05) is 6.92 Å². The molecule has 0 aliphatic heterocycles. The fourth-order valence-corrected chi connectivity index (χ4v) is 2.71. The fourth-order valence-electron chi connectivity index (χ4n) is 2.71. The molecule has 1 amide bonds. The SMILES string of the molecule is COCCOc1cc2oc(=O)c(C)c(C)c2c(CCN)c1C(N)=O. The van der Waals surface area contributed by atoms with Crippen LogP contribution < -0.4 is 21.8 Å². The van der Waals surface area contributed by atoms with E-state index < -0.39 is 11.5 Å². The Labute approximate surface area is 139 Å². The average Bonchev–Trinajstić information content (AvgIpc) is 2.52. The smallest absolute Gasteiger partial charge is 0.339 e. The van der Waals surface area contributed by atoms with Crippen molar-refractivity contribution in [3.05, 3.63) is 38.7 Å².